The van der Waals surface area contributed by atoms with Crippen molar-refractivity contribution in [2.45, 2.75) is 46.6 Å². The lowest BCUT2D eigenvalue weighted by Gasteiger charge is -2.29. The van der Waals surface area contributed by atoms with E-state index in [9.17, 15) is 0 Å². The predicted molar refractivity (Wildman–Crippen MR) is 85.9 cm³/mol. The van der Waals surface area contributed by atoms with Gasteiger partial charge in [-0.05, 0) is 30.4 Å². The van der Waals surface area contributed by atoms with Gasteiger partial charge in [0.15, 0.2) is 0 Å². The van der Waals surface area contributed by atoms with E-state index in [2.05, 4.69) is 51.7 Å². The lowest BCUT2D eigenvalue weighted by molar-refractivity contribution is 0.173. The van der Waals surface area contributed by atoms with Crippen molar-refractivity contribution >= 4 is 11.6 Å². The molecule has 1 aliphatic heterocycles. The summed E-state index contributed by atoms with van der Waals surface area (Å²) in [5, 5.41) is 0.754. The molecule has 1 heterocycles. The van der Waals surface area contributed by atoms with E-state index in [0.717, 1.165) is 23.9 Å². The third-order valence-electron chi connectivity index (χ3n) is 3.98. The SMILES string of the molecule is CC(C)CN1CCOc2c(Cl)cc(C(C)C)cc2[C@@H]1C. The first-order valence-corrected chi connectivity index (χ1v) is 7.98. The van der Waals surface area contributed by atoms with Gasteiger partial charge in [0.1, 0.15) is 12.4 Å². The zero-order chi connectivity index (χ0) is 14.9. The first kappa shape index (κ1) is 15.7. The van der Waals surface area contributed by atoms with Gasteiger partial charge >= 0.3 is 0 Å². The molecule has 0 aromatic heterocycles. The Kier molecular flexibility index (Phi) is 4.98. The molecule has 0 amide bonds. The van der Waals surface area contributed by atoms with Crippen LogP contribution in [0.1, 0.15) is 57.7 Å². The molecule has 0 unspecified atom stereocenters. The molecular weight excluding hydrogens is 270 g/mol. The molecule has 0 radical (unpaired) electrons. The van der Waals surface area contributed by atoms with Gasteiger partial charge in [0.05, 0.1) is 5.02 Å². The molecular formula is C17H26ClNO. The number of ether oxygens (including phenoxy) is 1. The highest BCUT2D eigenvalue weighted by Crippen LogP contribution is 2.39. The number of hydrogen-bond acceptors (Lipinski definition) is 2. The number of hydrogen-bond donors (Lipinski definition) is 0. The van der Waals surface area contributed by atoms with E-state index in [1.54, 1.807) is 0 Å². The van der Waals surface area contributed by atoms with Crippen molar-refractivity contribution in [3.63, 3.8) is 0 Å². The molecule has 0 bridgehead atoms. The summed E-state index contributed by atoms with van der Waals surface area (Å²) in [6.07, 6.45) is 0. The molecule has 1 aromatic carbocycles. The van der Waals surface area contributed by atoms with Gasteiger partial charge in [0.2, 0.25) is 0 Å². The molecule has 1 aromatic rings. The Balaban J connectivity index is 2.40. The van der Waals surface area contributed by atoms with E-state index in [1.807, 2.05) is 0 Å². The highest BCUT2D eigenvalue weighted by atomic mass is 35.5. The third-order valence-corrected chi connectivity index (χ3v) is 4.26. The summed E-state index contributed by atoms with van der Waals surface area (Å²) < 4.78 is 5.92. The van der Waals surface area contributed by atoms with E-state index in [4.69, 9.17) is 16.3 Å². The third kappa shape index (κ3) is 3.29. The number of halogens is 1. The molecule has 3 heteroatoms. The predicted octanol–water partition coefficient (Wildman–Crippen LogP) is 4.87. The van der Waals surface area contributed by atoms with Gasteiger partial charge in [0, 0.05) is 24.7 Å². The smallest absolute Gasteiger partial charge is 0.142 e. The summed E-state index contributed by atoms with van der Waals surface area (Å²) in [5.74, 6) is 2.02. The van der Waals surface area contributed by atoms with Gasteiger partial charge in [-0.3, -0.25) is 4.90 Å². The van der Waals surface area contributed by atoms with Gasteiger partial charge in [-0.25, -0.2) is 0 Å². The van der Waals surface area contributed by atoms with Crippen LogP contribution in [0.15, 0.2) is 12.1 Å². The maximum absolute atomic E-state index is 6.44. The lowest BCUT2D eigenvalue weighted by Crippen LogP contribution is -2.32. The monoisotopic (exact) mass is 295 g/mol. The average Bonchev–Trinajstić information content (AvgIpc) is 2.51. The number of rotatable bonds is 3. The number of fused-ring (bicyclic) bond motifs is 1. The standard InChI is InChI=1S/C17H26ClNO/c1-11(2)10-19-6-7-20-17-15(13(19)5)8-14(12(3)4)9-16(17)18/h8-9,11-13H,6-7,10H2,1-5H3/t13-/m0/s1. The zero-order valence-corrected chi connectivity index (χ0v) is 14.0. The van der Waals surface area contributed by atoms with E-state index in [1.165, 1.54) is 11.1 Å². The Labute approximate surface area is 128 Å². The fourth-order valence-electron chi connectivity index (χ4n) is 2.81. The molecule has 1 aliphatic rings. The second kappa shape index (κ2) is 6.36. The average molecular weight is 296 g/mol. The van der Waals surface area contributed by atoms with Crippen molar-refractivity contribution in [2.24, 2.45) is 5.92 Å². The van der Waals surface area contributed by atoms with Crippen LogP contribution >= 0.6 is 11.6 Å². The van der Waals surface area contributed by atoms with Crippen LogP contribution in [0.25, 0.3) is 0 Å². The van der Waals surface area contributed by atoms with E-state index >= 15 is 0 Å². The van der Waals surface area contributed by atoms with Crippen molar-refractivity contribution in [2.75, 3.05) is 19.7 Å². The van der Waals surface area contributed by atoms with Crippen LogP contribution < -0.4 is 4.74 Å². The van der Waals surface area contributed by atoms with Crippen LogP contribution in [0, 0.1) is 5.92 Å². The fourth-order valence-corrected chi connectivity index (χ4v) is 3.10. The van der Waals surface area contributed by atoms with Gasteiger partial charge in [-0.15, -0.1) is 0 Å². The van der Waals surface area contributed by atoms with Crippen molar-refractivity contribution in [3.8, 4) is 5.75 Å². The van der Waals surface area contributed by atoms with Crippen LogP contribution in [0.4, 0.5) is 0 Å². The van der Waals surface area contributed by atoms with Gasteiger partial charge < -0.3 is 4.74 Å². The molecule has 0 spiro atoms. The molecule has 0 N–H and O–H groups in total. The van der Waals surface area contributed by atoms with Crippen molar-refractivity contribution in [3.05, 3.63) is 28.3 Å². The van der Waals surface area contributed by atoms with E-state index < -0.39 is 0 Å². The lowest BCUT2D eigenvalue weighted by atomic mass is 9.96. The number of benzene rings is 1. The van der Waals surface area contributed by atoms with Crippen LogP contribution in [0.3, 0.4) is 0 Å². The maximum atomic E-state index is 6.44. The Morgan fingerprint density at radius 3 is 2.60 bits per heavy atom. The second-order valence-corrected chi connectivity index (χ2v) is 6.90. The highest BCUT2D eigenvalue weighted by Gasteiger charge is 2.26. The second-order valence-electron chi connectivity index (χ2n) is 6.49. The van der Waals surface area contributed by atoms with Crippen molar-refractivity contribution in [1.29, 1.82) is 0 Å². The van der Waals surface area contributed by atoms with Crippen LogP contribution in [-0.2, 0) is 0 Å². The molecule has 2 nitrogen and oxygen atoms in total. The van der Waals surface area contributed by atoms with E-state index in [0.29, 0.717) is 24.5 Å². The minimum absolute atomic E-state index is 0.353. The summed E-state index contributed by atoms with van der Waals surface area (Å²) in [4.78, 5) is 2.50. The Bertz CT molecular complexity index is 470. The minimum Gasteiger partial charge on any atom is -0.490 e. The molecule has 0 saturated heterocycles. The molecule has 2 rings (SSSR count). The van der Waals surface area contributed by atoms with Crippen molar-refractivity contribution in [1.82, 2.24) is 4.90 Å². The molecule has 0 aliphatic carbocycles. The Hall–Kier alpha value is -0.730. The normalized spacial score (nSPS) is 19.9. The first-order valence-electron chi connectivity index (χ1n) is 7.60. The fraction of sp³-hybridized carbons (Fsp3) is 0.647. The van der Waals surface area contributed by atoms with Gasteiger partial charge in [-0.1, -0.05) is 45.4 Å². The molecule has 1 atom stereocenters. The highest BCUT2D eigenvalue weighted by molar-refractivity contribution is 6.32. The van der Waals surface area contributed by atoms with Crippen LogP contribution in [0.5, 0.6) is 5.75 Å². The van der Waals surface area contributed by atoms with Crippen molar-refractivity contribution < 1.29 is 4.74 Å². The van der Waals surface area contributed by atoms with Gasteiger partial charge in [-0.2, -0.15) is 0 Å². The summed E-state index contributed by atoms with van der Waals surface area (Å²) in [7, 11) is 0. The summed E-state index contributed by atoms with van der Waals surface area (Å²) in [6, 6.07) is 4.68. The summed E-state index contributed by atoms with van der Waals surface area (Å²) >= 11 is 6.44. The number of nitrogens with zero attached hydrogens (tertiary/aromatic N) is 1. The van der Waals surface area contributed by atoms with Crippen LogP contribution in [0.2, 0.25) is 5.02 Å². The van der Waals surface area contributed by atoms with Crippen LogP contribution in [-0.4, -0.2) is 24.6 Å². The molecule has 0 fully saturated rings. The maximum Gasteiger partial charge on any atom is 0.142 e. The quantitative estimate of drug-likeness (QED) is 0.788. The first-order chi connectivity index (χ1) is 9.40. The van der Waals surface area contributed by atoms with Gasteiger partial charge in [0.25, 0.3) is 0 Å². The minimum atomic E-state index is 0.353. The molecule has 20 heavy (non-hydrogen) atoms. The zero-order valence-electron chi connectivity index (χ0n) is 13.2. The molecule has 112 valence electrons. The topological polar surface area (TPSA) is 12.5 Å². The Morgan fingerprint density at radius 2 is 2.00 bits per heavy atom. The molecule has 0 saturated carbocycles. The largest absolute Gasteiger partial charge is 0.490 e. The Morgan fingerprint density at radius 1 is 1.30 bits per heavy atom. The summed E-state index contributed by atoms with van der Waals surface area (Å²) in [5.41, 5.74) is 2.52. The summed E-state index contributed by atoms with van der Waals surface area (Å²) in [6.45, 7) is 13.9. The van der Waals surface area contributed by atoms with E-state index in [-0.39, 0.29) is 0 Å².